The van der Waals surface area contributed by atoms with Crippen LogP contribution in [0.1, 0.15) is 5.56 Å². The van der Waals surface area contributed by atoms with Gasteiger partial charge >= 0.3 is 0 Å². The van der Waals surface area contributed by atoms with Crippen LogP contribution in [0.2, 0.25) is 0 Å². The fourth-order valence-electron chi connectivity index (χ4n) is 0.936. The summed E-state index contributed by atoms with van der Waals surface area (Å²) in [6.07, 6.45) is 1.77. The summed E-state index contributed by atoms with van der Waals surface area (Å²) in [6.45, 7) is 1.96. The minimum absolute atomic E-state index is 0.373. The van der Waals surface area contributed by atoms with Gasteiger partial charge in [0, 0.05) is 6.20 Å². The number of hydrogen-bond acceptors (Lipinski definition) is 3. The maximum absolute atomic E-state index is 5.15. The van der Waals surface area contributed by atoms with Crippen molar-refractivity contribution in [3.05, 3.63) is 22.7 Å². The Balaban J connectivity index is 2.92. The average molecular weight is 166 g/mol. The first-order valence-corrected chi connectivity index (χ1v) is 3.62. The Labute approximate surface area is 68.1 Å². The summed E-state index contributed by atoms with van der Waals surface area (Å²) in [5.41, 5.74) is 2.49. The van der Waals surface area contributed by atoms with Gasteiger partial charge in [0.2, 0.25) is 0 Å². The number of rotatable bonds is 0. The van der Waals surface area contributed by atoms with Crippen molar-refractivity contribution in [3.63, 3.8) is 0 Å². The Morgan fingerprint density at radius 2 is 2.45 bits per heavy atom. The van der Waals surface area contributed by atoms with Crippen molar-refractivity contribution in [1.82, 2.24) is 9.97 Å². The van der Waals surface area contributed by atoms with Crippen LogP contribution in [0.3, 0.4) is 0 Å². The molecule has 0 spiro atoms. The van der Waals surface area contributed by atoms with E-state index in [1.165, 1.54) is 0 Å². The van der Waals surface area contributed by atoms with Crippen LogP contribution in [0.4, 0.5) is 0 Å². The third-order valence-corrected chi connectivity index (χ3v) is 1.60. The molecule has 2 heterocycles. The molecule has 0 aliphatic carbocycles. The molecule has 0 fully saturated rings. The maximum Gasteiger partial charge on any atom is 0.268 e. The number of aryl methyl sites for hydroxylation is 1. The van der Waals surface area contributed by atoms with E-state index in [9.17, 15) is 0 Å². The fourth-order valence-corrected chi connectivity index (χ4v) is 1.12. The lowest BCUT2D eigenvalue weighted by molar-refractivity contribution is 0.583. The molecule has 0 saturated heterocycles. The minimum atomic E-state index is 0.373. The summed E-state index contributed by atoms with van der Waals surface area (Å²) in [4.78, 5) is 7.28. The highest BCUT2D eigenvalue weighted by Gasteiger charge is 1.98. The molecule has 0 amide bonds. The van der Waals surface area contributed by atoms with E-state index in [0.29, 0.717) is 10.5 Å². The van der Waals surface area contributed by atoms with Gasteiger partial charge in [-0.1, -0.05) is 0 Å². The molecule has 56 valence electrons. The standard InChI is InChI=1S/C7H6N2OS/c1-4-2-5-6(8-3-4)9-7(11)10-5/h2-3H,1H3,(H,8,9,11). The lowest BCUT2D eigenvalue weighted by atomic mass is 10.3. The Hall–Kier alpha value is -1.16. The van der Waals surface area contributed by atoms with Gasteiger partial charge in [-0.3, -0.25) is 4.98 Å². The Morgan fingerprint density at radius 1 is 1.64 bits per heavy atom. The zero-order chi connectivity index (χ0) is 7.84. The van der Waals surface area contributed by atoms with Crippen LogP contribution in [0.5, 0.6) is 0 Å². The molecule has 2 rings (SSSR count). The number of nitrogens with zero attached hydrogens (tertiary/aromatic N) is 1. The van der Waals surface area contributed by atoms with Gasteiger partial charge in [-0.25, -0.2) is 4.98 Å². The average Bonchev–Trinajstić information content (AvgIpc) is 2.27. The second-order valence-corrected chi connectivity index (χ2v) is 2.74. The molecule has 1 N–H and O–H groups in total. The van der Waals surface area contributed by atoms with Crippen LogP contribution >= 0.6 is 12.2 Å². The van der Waals surface area contributed by atoms with Crippen molar-refractivity contribution < 1.29 is 4.42 Å². The van der Waals surface area contributed by atoms with E-state index in [0.717, 1.165) is 11.1 Å². The van der Waals surface area contributed by atoms with Crippen LogP contribution in [-0.4, -0.2) is 9.97 Å². The molecular formula is C7H6N2OS. The van der Waals surface area contributed by atoms with Crippen LogP contribution in [-0.2, 0) is 0 Å². The molecule has 0 unspecified atom stereocenters. The molecule has 3 nitrogen and oxygen atoms in total. The third-order valence-electron chi connectivity index (χ3n) is 1.41. The van der Waals surface area contributed by atoms with Crippen LogP contribution in [0.15, 0.2) is 16.7 Å². The molecule has 0 bridgehead atoms. The minimum Gasteiger partial charge on any atom is -0.428 e. The SMILES string of the molecule is Cc1cnc2[nH]c(=S)oc2c1. The van der Waals surface area contributed by atoms with E-state index in [1.54, 1.807) is 6.20 Å². The van der Waals surface area contributed by atoms with E-state index in [1.807, 2.05) is 13.0 Å². The second kappa shape index (κ2) is 2.17. The first kappa shape index (κ1) is 6.54. The lowest BCUT2D eigenvalue weighted by Gasteiger charge is -1.87. The predicted octanol–water partition coefficient (Wildman–Crippen LogP) is 2.19. The molecule has 0 atom stereocenters. The van der Waals surface area contributed by atoms with E-state index < -0.39 is 0 Å². The number of hydrogen-bond donors (Lipinski definition) is 1. The molecule has 0 aliphatic heterocycles. The summed E-state index contributed by atoms with van der Waals surface area (Å²) in [7, 11) is 0. The van der Waals surface area contributed by atoms with Crippen molar-refractivity contribution in [2.45, 2.75) is 6.92 Å². The van der Waals surface area contributed by atoms with Crippen molar-refractivity contribution >= 4 is 23.4 Å². The molecule has 0 aromatic carbocycles. The van der Waals surface area contributed by atoms with E-state index in [-0.39, 0.29) is 0 Å². The molecule has 2 aromatic rings. The van der Waals surface area contributed by atoms with Crippen LogP contribution in [0, 0.1) is 11.8 Å². The lowest BCUT2D eigenvalue weighted by Crippen LogP contribution is -1.76. The van der Waals surface area contributed by atoms with E-state index in [2.05, 4.69) is 9.97 Å². The highest BCUT2D eigenvalue weighted by Crippen LogP contribution is 2.11. The molecule has 11 heavy (non-hydrogen) atoms. The quantitative estimate of drug-likeness (QED) is 0.610. The Kier molecular flexibility index (Phi) is 1.29. The van der Waals surface area contributed by atoms with Crippen LogP contribution in [0.25, 0.3) is 11.2 Å². The summed E-state index contributed by atoms with van der Waals surface area (Å²) in [5.74, 6) is 0. The van der Waals surface area contributed by atoms with Gasteiger partial charge < -0.3 is 4.42 Å². The summed E-state index contributed by atoms with van der Waals surface area (Å²) >= 11 is 4.79. The predicted molar refractivity (Wildman–Crippen MR) is 43.9 cm³/mol. The van der Waals surface area contributed by atoms with Crippen molar-refractivity contribution in [1.29, 1.82) is 0 Å². The fraction of sp³-hybridized carbons (Fsp3) is 0.143. The number of aromatic nitrogens is 2. The number of pyridine rings is 1. The van der Waals surface area contributed by atoms with Gasteiger partial charge in [0.25, 0.3) is 4.84 Å². The van der Waals surface area contributed by atoms with Gasteiger partial charge in [0.1, 0.15) is 0 Å². The molecule has 4 heteroatoms. The van der Waals surface area contributed by atoms with Crippen molar-refractivity contribution in [2.24, 2.45) is 0 Å². The summed E-state index contributed by atoms with van der Waals surface area (Å²) < 4.78 is 5.15. The zero-order valence-corrected chi connectivity index (χ0v) is 6.73. The summed E-state index contributed by atoms with van der Waals surface area (Å²) in [6, 6.07) is 1.90. The first-order valence-electron chi connectivity index (χ1n) is 3.21. The monoisotopic (exact) mass is 166 g/mol. The molecule has 2 aromatic heterocycles. The summed E-state index contributed by atoms with van der Waals surface area (Å²) in [5, 5.41) is 0. The first-order chi connectivity index (χ1) is 5.25. The highest BCUT2D eigenvalue weighted by molar-refractivity contribution is 7.71. The van der Waals surface area contributed by atoms with Crippen molar-refractivity contribution in [3.8, 4) is 0 Å². The Bertz CT molecular complexity index is 443. The number of aromatic amines is 1. The smallest absolute Gasteiger partial charge is 0.268 e. The number of fused-ring (bicyclic) bond motifs is 1. The van der Waals surface area contributed by atoms with Gasteiger partial charge in [-0.15, -0.1) is 0 Å². The third kappa shape index (κ3) is 1.05. The number of H-pyrrole nitrogens is 1. The van der Waals surface area contributed by atoms with Gasteiger partial charge in [0.15, 0.2) is 11.2 Å². The zero-order valence-electron chi connectivity index (χ0n) is 5.92. The second-order valence-electron chi connectivity index (χ2n) is 2.37. The molecule has 0 radical (unpaired) electrons. The maximum atomic E-state index is 5.15. The highest BCUT2D eigenvalue weighted by atomic mass is 32.1. The topological polar surface area (TPSA) is 41.8 Å². The van der Waals surface area contributed by atoms with Gasteiger partial charge in [-0.05, 0) is 30.8 Å². The molecular weight excluding hydrogens is 160 g/mol. The van der Waals surface area contributed by atoms with Gasteiger partial charge in [-0.2, -0.15) is 0 Å². The Morgan fingerprint density at radius 3 is 3.27 bits per heavy atom. The van der Waals surface area contributed by atoms with E-state index >= 15 is 0 Å². The normalized spacial score (nSPS) is 10.6. The van der Waals surface area contributed by atoms with E-state index in [4.69, 9.17) is 16.6 Å². The largest absolute Gasteiger partial charge is 0.428 e. The number of oxazole rings is 1. The van der Waals surface area contributed by atoms with Crippen molar-refractivity contribution in [2.75, 3.05) is 0 Å². The molecule has 0 saturated carbocycles. The van der Waals surface area contributed by atoms with Gasteiger partial charge in [0.05, 0.1) is 0 Å². The molecule has 0 aliphatic rings. The number of nitrogens with one attached hydrogen (secondary N) is 1. The van der Waals surface area contributed by atoms with Crippen LogP contribution < -0.4 is 0 Å².